The predicted octanol–water partition coefficient (Wildman–Crippen LogP) is 3.09. The molecular weight excluding hydrogens is 416 g/mol. The van der Waals surface area contributed by atoms with Crippen molar-refractivity contribution < 1.29 is 22.4 Å². The molecule has 31 heavy (non-hydrogen) atoms. The van der Waals surface area contributed by atoms with E-state index in [1.807, 2.05) is 12.1 Å². The van der Waals surface area contributed by atoms with E-state index < -0.39 is 9.84 Å². The van der Waals surface area contributed by atoms with Crippen LogP contribution in [0.1, 0.15) is 21.7 Å². The molecule has 164 valence electrons. The number of sulfone groups is 1. The maximum absolute atomic E-state index is 13.2. The van der Waals surface area contributed by atoms with Gasteiger partial charge in [-0.2, -0.15) is 0 Å². The molecule has 1 aliphatic rings. The summed E-state index contributed by atoms with van der Waals surface area (Å²) in [6, 6.07) is 15.2. The average Bonchev–Trinajstić information content (AvgIpc) is 3.11. The summed E-state index contributed by atoms with van der Waals surface area (Å²) in [5.74, 6) is -0.501. The van der Waals surface area contributed by atoms with Crippen LogP contribution in [0.15, 0.2) is 52.9 Å². The zero-order valence-corrected chi connectivity index (χ0v) is 18.5. The van der Waals surface area contributed by atoms with E-state index in [0.717, 1.165) is 43.8 Å². The Morgan fingerprint density at radius 2 is 1.74 bits per heavy atom. The number of nitrogens with zero attached hydrogens (tertiary/aromatic N) is 2. The summed E-state index contributed by atoms with van der Waals surface area (Å²) in [4.78, 5) is 17.0. The van der Waals surface area contributed by atoms with E-state index in [4.69, 9.17) is 9.15 Å². The topological polar surface area (TPSA) is 80.1 Å². The van der Waals surface area contributed by atoms with Crippen molar-refractivity contribution in [2.45, 2.75) is 12.3 Å². The number of carbonyl (C=O) groups is 1. The van der Waals surface area contributed by atoms with Crippen LogP contribution in [-0.4, -0.2) is 58.8 Å². The van der Waals surface area contributed by atoms with Crippen LogP contribution in [0.2, 0.25) is 0 Å². The van der Waals surface area contributed by atoms with E-state index in [1.165, 1.54) is 0 Å². The molecule has 0 unspecified atom stereocenters. The Kier molecular flexibility index (Phi) is 6.02. The van der Waals surface area contributed by atoms with Crippen molar-refractivity contribution >= 4 is 32.4 Å². The first kappa shape index (κ1) is 21.4. The molecule has 2 heterocycles. The Morgan fingerprint density at radius 3 is 2.42 bits per heavy atom. The molecule has 0 radical (unpaired) electrons. The third-order valence-electron chi connectivity index (χ3n) is 5.38. The first-order valence-electron chi connectivity index (χ1n) is 10.2. The van der Waals surface area contributed by atoms with Crippen LogP contribution >= 0.6 is 0 Å². The Balaban J connectivity index is 1.54. The van der Waals surface area contributed by atoms with Gasteiger partial charge in [-0.05, 0) is 23.8 Å². The molecule has 0 atom stereocenters. The summed E-state index contributed by atoms with van der Waals surface area (Å²) < 4.78 is 35.1. The van der Waals surface area contributed by atoms with Gasteiger partial charge in [0.1, 0.15) is 5.58 Å². The average molecular weight is 443 g/mol. The summed E-state index contributed by atoms with van der Waals surface area (Å²) in [5.41, 5.74) is 3.03. The molecule has 7 nitrogen and oxygen atoms in total. The van der Waals surface area contributed by atoms with Gasteiger partial charge in [0.15, 0.2) is 15.6 Å². The molecule has 0 spiro atoms. The fraction of sp³-hybridized carbons (Fsp3) is 0.348. The SMILES string of the molecule is CN(Cc1ccc(N2CCOCC2)cc1)C(=O)c1oc2ccccc2c1CS(C)(=O)=O. The number of morpholine rings is 1. The molecule has 1 aromatic heterocycles. The second-order valence-electron chi connectivity index (χ2n) is 7.90. The van der Waals surface area contributed by atoms with Crippen LogP contribution in [0.3, 0.4) is 0 Å². The zero-order chi connectivity index (χ0) is 22.0. The van der Waals surface area contributed by atoms with E-state index >= 15 is 0 Å². The number of carbonyl (C=O) groups excluding carboxylic acids is 1. The lowest BCUT2D eigenvalue weighted by Gasteiger charge is -2.29. The van der Waals surface area contributed by atoms with E-state index in [1.54, 1.807) is 36.2 Å². The minimum atomic E-state index is -3.34. The maximum Gasteiger partial charge on any atom is 0.289 e. The first-order valence-corrected chi connectivity index (χ1v) is 12.2. The highest BCUT2D eigenvalue weighted by molar-refractivity contribution is 7.89. The second-order valence-corrected chi connectivity index (χ2v) is 10.0. The molecule has 0 bridgehead atoms. The molecule has 2 aromatic carbocycles. The molecule has 4 rings (SSSR count). The largest absolute Gasteiger partial charge is 0.451 e. The lowest BCUT2D eigenvalue weighted by atomic mass is 10.1. The number of anilines is 1. The number of benzene rings is 2. The highest BCUT2D eigenvalue weighted by Gasteiger charge is 2.25. The minimum Gasteiger partial charge on any atom is -0.451 e. The number of ether oxygens (including phenoxy) is 1. The number of hydrogen-bond donors (Lipinski definition) is 0. The van der Waals surface area contributed by atoms with Gasteiger partial charge in [0.25, 0.3) is 5.91 Å². The maximum atomic E-state index is 13.2. The number of hydrogen-bond acceptors (Lipinski definition) is 6. The number of para-hydroxylation sites is 1. The van der Waals surface area contributed by atoms with Gasteiger partial charge in [-0.3, -0.25) is 4.79 Å². The van der Waals surface area contributed by atoms with Gasteiger partial charge in [0, 0.05) is 49.6 Å². The van der Waals surface area contributed by atoms with Crippen LogP contribution in [0.4, 0.5) is 5.69 Å². The van der Waals surface area contributed by atoms with Gasteiger partial charge in [-0.25, -0.2) is 8.42 Å². The lowest BCUT2D eigenvalue weighted by molar-refractivity contribution is 0.0754. The van der Waals surface area contributed by atoms with Crippen molar-refractivity contribution in [2.24, 2.45) is 0 Å². The Morgan fingerprint density at radius 1 is 1.06 bits per heavy atom. The van der Waals surface area contributed by atoms with E-state index in [2.05, 4.69) is 17.0 Å². The summed E-state index contributed by atoms with van der Waals surface area (Å²) in [6.07, 6.45) is 1.16. The molecule has 8 heteroatoms. The molecular formula is C23H26N2O5S. The standard InChI is InChI=1S/C23H26N2O5S/c1-24(15-17-7-9-18(10-8-17)25-11-13-29-14-12-25)23(26)22-20(16-31(2,27)28)19-5-3-4-6-21(19)30-22/h3-10H,11-16H2,1-2H3. The highest BCUT2D eigenvalue weighted by atomic mass is 32.2. The smallest absolute Gasteiger partial charge is 0.289 e. The van der Waals surface area contributed by atoms with E-state index in [0.29, 0.717) is 23.1 Å². The van der Waals surface area contributed by atoms with Crippen molar-refractivity contribution in [2.75, 3.05) is 44.5 Å². The Bertz CT molecular complexity index is 1180. The molecule has 0 N–H and O–H groups in total. The summed E-state index contributed by atoms with van der Waals surface area (Å²) in [6.45, 7) is 3.58. The van der Waals surface area contributed by atoms with Crippen LogP contribution in [0.25, 0.3) is 11.0 Å². The third kappa shape index (κ3) is 4.91. The van der Waals surface area contributed by atoms with Gasteiger partial charge in [-0.1, -0.05) is 30.3 Å². The summed E-state index contributed by atoms with van der Waals surface area (Å²) in [5, 5.41) is 0.652. The van der Waals surface area contributed by atoms with Crippen LogP contribution in [0, 0.1) is 0 Å². The highest BCUT2D eigenvalue weighted by Crippen LogP contribution is 2.29. The molecule has 0 saturated carbocycles. The molecule has 3 aromatic rings. The Labute approximate surface area is 182 Å². The fourth-order valence-electron chi connectivity index (χ4n) is 3.83. The number of amides is 1. The van der Waals surface area contributed by atoms with Crippen LogP contribution in [-0.2, 0) is 26.9 Å². The quantitative estimate of drug-likeness (QED) is 0.584. The summed E-state index contributed by atoms with van der Waals surface area (Å²) in [7, 11) is -1.65. The van der Waals surface area contributed by atoms with Gasteiger partial charge < -0.3 is 19.0 Å². The van der Waals surface area contributed by atoms with Crippen LogP contribution in [0.5, 0.6) is 0 Å². The van der Waals surface area contributed by atoms with Crippen molar-refractivity contribution in [3.8, 4) is 0 Å². The van der Waals surface area contributed by atoms with Crippen molar-refractivity contribution in [3.05, 3.63) is 65.4 Å². The van der Waals surface area contributed by atoms with E-state index in [9.17, 15) is 13.2 Å². The molecule has 1 saturated heterocycles. The van der Waals surface area contributed by atoms with Gasteiger partial charge in [0.2, 0.25) is 0 Å². The van der Waals surface area contributed by atoms with Crippen molar-refractivity contribution in [1.82, 2.24) is 4.90 Å². The normalized spacial score (nSPS) is 14.7. The fourth-order valence-corrected chi connectivity index (χ4v) is 4.64. The molecule has 1 amide bonds. The second kappa shape index (κ2) is 8.72. The Hall–Kier alpha value is -2.84. The van der Waals surface area contributed by atoms with Gasteiger partial charge in [0.05, 0.1) is 19.0 Å². The number of fused-ring (bicyclic) bond motifs is 1. The predicted molar refractivity (Wildman–Crippen MR) is 120 cm³/mol. The molecule has 1 aliphatic heterocycles. The van der Waals surface area contributed by atoms with Gasteiger partial charge >= 0.3 is 0 Å². The minimum absolute atomic E-state index is 0.0825. The van der Waals surface area contributed by atoms with Gasteiger partial charge in [-0.15, -0.1) is 0 Å². The number of furan rings is 1. The molecule has 0 aliphatic carbocycles. The number of rotatable bonds is 6. The third-order valence-corrected chi connectivity index (χ3v) is 6.19. The monoisotopic (exact) mass is 442 g/mol. The first-order chi connectivity index (χ1) is 14.8. The zero-order valence-electron chi connectivity index (χ0n) is 17.7. The van der Waals surface area contributed by atoms with Crippen LogP contribution < -0.4 is 4.90 Å². The van der Waals surface area contributed by atoms with Crippen molar-refractivity contribution in [1.29, 1.82) is 0 Å². The van der Waals surface area contributed by atoms with E-state index in [-0.39, 0.29) is 17.4 Å². The summed E-state index contributed by atoms with van der Waals surface area (Å²) >= 11 is 0. The molecule has 1 fully saturated rings. The lowest BCUT2D eigenvalue weighted by Crippen LogP contribution is -2.36. The van der Waals surface area contributed by atoms with Crippen molar-refractivity contribution in [3.63, 3.8) is 0 Å².